The van der Waals surface area contributed by atoms with Gasteiger partial charge in [-0.2, -0.15) is 0 Å². The molecule has 1 aliphatic rings. The van der Waals surface area contributed by atoms with Crippen LogP contribution in [0.25, 0.3) is 0 Å². The van der Waals surface area contributed by atoms with E-state index in [2.05, 4.69) is 16.9 Å². The second kappa shape index (κ2) is 4.35. The predicted molar refractivity (Wildman–Crippen MR) is 61.9 cm³/mol. The highest BCUT2D eigenvalue weighted by Crippen LogP contribution is 2.25. The minimum atomic E-state index is -0.936. The predicted octanol–water partition coefficient (Wildman–Crippen LogP) is 1.87. The van der Waals surface area contributed by atoms with Crippen LogP contribution in [0.15, 0.2) is 18.7 Å². The van der Waals surface area contributed by atoms with Crippen molar-refractivity contribution in [1.82, 2.24) is 4.98 Å². The van der Waals surface area contributed by atoms with Crippen molar-refractivity contribution in [2.24, 2.45) is 0 Å². The lowest BCUT2D eigenvalue weighted by Gasteiger charge is -2.09. The van der Waals surface area contributed by atoms with Crippen molar-refractivity contribution in [2.45, 2.75) is 19.3 Å². The van der Waals surface area contributed by atoms with Gasteiger partial charge in [0.05, 0.1) is 0 Å². The zero-order valence-electron chi connectivity index (χ0n) is 8.99. The molecule has 0 bridgehead atoms. The lowest BCUT2D eigenvalue weighted by atomic mass is 10.1. The van der Waals surface area contributed by atoms with E-state index >= 15 is 0 Å². The number of carboxylic acid groups (broad SMARTS) is 1. The number of aryl methyl sites for hydroxylation is 2. The maximum absolute atomic E-state index is 11.1. The Hall–Kier alpha value is -1.84. The van der Waals surface area contributed by atoms with Crippen molar-refractivity contribution in [3.63, 3.8) is 0 Å². The number of rotatable bonds is 4. The molecule has 1 aliphatic carbocycles. The zero-order chi connectivity index (χ0) is 11.5. The SMILES string of the molecule is C=CCNc1nc2c(cc1C(=O)O)CCC2. The Morgan fingerprint density at radius 1 is 1.62 bits per heavy atom. The highest BCUT2D eigenvalue weighted by Gasteiger charge is 2.19. The number of pyridine rings is 1. The summed E-state index contributed by atoms with van der Waals surface area (Å²) in [7, 11) is 0. The molecule has 0 aliphatic heterocycles. The molecule has 0 aromatic carbocycles. The Bertz CT molecular complexity index is 441. The van der Waals surface area contributed by atoms with Gasteiger partial charge in [-0.05, 0) is 30.9 Å². The van der Waals surface area contributed by atoms with E-state index < -0.39 is 5.97 Å². The molecule has 0 radical (unpaired) electrons. The fourth-order valence-corrected chi connectivity index (χ4v) is 1.94. The number of aromatic nitrogens is 1. The topological polar surface area (TPSA) is 62.2 Å². The number of nitrogens with zero attached hydrogens (tertiary/aromatic N) is 1. The Morgan fingerprint density at radius 2 is 2.44 bits per heavy atom. The molecule has 1 aromatic rings. The van der Waals surface area contributed by atoms with Gasteiger partial charge in [0.25, 0.3) is 0 Å². The van der Waals surface area contributed by atoms with Crippen LogP contribution in [-0.2, 0) is 12.8 Å². The molecule has 1 heterocycles. The van der Waals surface area contributed by atoms with E-state index in [4.69, 9.17) is 5.11 Å². The van der Waals surface area contributed by atoms with Crippen LogP contribution < -0.4 is 5.32 Å². The molecule has 0 saturated heterocycles. The van der Waals surface area contributed by atoms with E-state index in [1.807, 2.05) is 0 Å². The van der Waals surface area contributed by atoms with E-state index in [0.29, 0.717) is 12.4 Å². The minimum absolute atomic E-state index is 0.252. The maximum atomic E-state index is 11.1. The quantitative estimate of drug-likeness (QED) is 0.757. The number of carbonyl (C=O) groups is 1. The van der Waals surface area contributed by atoms with Crippen LogP contribution in [0.3, 0.4) is 0 Å². The number of anilines is 1. The largest absolute Gasteiger partial charge is 0.478 e. The van der Waals surface area contributed by atoms with Gasteiger partial charge in [0.2, 0.25) is 0 Å². The maximum Gasteiger partial charge on any atom is 0.339 e. The number of aromatic carboxylic acids is 1. The fourth-order valence-electron chi connectivity index (χ4n) is 1.94. The van der Waals surface area contributed by atoms with Crippen LogP contribution in [0.4, 0.5) is 5.82 Å². The number of hydrogen-bond acceptors (Lipinski definition) is 3. The Balaban J connectivity index is 2.40. The van der Waals surface area contributed by atoms with Crippen molar-refractivity contribution < 1.29 is 9.90 Å². The molecule has 2 rings (SSSR count). The molecule has 0 fully saturated rings. The molecule has 84 valence electrons. The van der Waals surface area contributed by atoms with Crippen molar-refractivity contribution in [1.29, 1.82) is 0 Å². The highest BCUT2D eigenvalue weighted by molar-refractivity contribution is 5.93. The van der Waals surface area contributed by atoms with E-state index in [1.165, 1.54) is 0 Å². The number of carboxylic acids is 1. The van der Waals surface area contributed by atoms with Crippen LogP contribution in [-0.4, -0.2) is 22.6 Å². The lowest BCUT2D eigenvalue weighted by molar-refractivity contribution is 0.0697. The molecular formula is C12H14N2O2. The molecule has 2 N–H and O–H groups in total. The second-order valence-corrected chi connectivity index (χ2v) is 3.82. The summed E-state index contributed by atoms with van der Waals surface area (Å²) in [5.41, 5.74) is 2.35. The van der Waals surface area contributed by atoms with Gasteiger partial charge in [0, 0.05) is 12.2 Å². The third-order valence-corrected chi connectivity index (χ3v) is 2.70. The van der Waals surface area contributed by atoms with Crippen molar-refractivity contribution in [3.8, 4) is 0 Å². The first-order valence-electron chi connectivity index (χ1n) is 5.33. The average Bonchev–Trinajstić information content (AvgIpc) is 2.71. The van der Waals surface area contributed by atoms with E-state index in [-0.39, 0.29) is 5.56 Å². The van der Waals surface area contributed by atoms with Crippen LogP contribution >= 0.6 is 0 Å². The van der Waals surface area contributed by atoms with E-state index in [1.54, 1.807) is 12.1 Å². The van der Waals surface area contributed by atoms with Gasteiger partial charge in [-0.3, -0.25) is 0 Å². The molecule has 4 heteroatoms. The van der Waals surface area contributed by atoms with E-state index in [9.17, 15) is 4.79 Å². The van der Waals surface area contributed by atoms with Crippen molar-refractivity contribution in [3.05, 3.63) is 35.5 Å². The summed E-state index contributed by atoms with van der Waals surface area (Å²) >= 11 is 0. The van der Waals surface area contributed by atoms with Crippen LogP contribution in [0.1, 0.15) is 28.0 Å². The van der Waals surface area contributed by atoms with Gasteiger partial charge in [0.1, 0.15) is 11.4 Å². The molecular weight excluding hydrogens is 204 g/mol. The summed E-state index contributed by atoms with van der Waals surface area (Å²) < 4.78 is 0. The summed E-state index contributed by atoms with van der Waals surface area (Å²) in [4.78, 5) is 15.5. The minimum Gasteiger partial charge on any atom is -0.478 e. The standard InChI is InChI=1S/C12H14N2O2/c1-2-6-13-11-9(12(15)16)7-8-4-3-5-10(8)14-11/h2,7H,1,3-6H2,(H,13,14)(H,15,16). The Labute approximate surface area is 94.0 Å². The van der Waals surface area contributed by atoms with Gasteiger partial charge in [0.15, 0.2) is 0 Å². The third kappa shape index (κ3) is 1.91. The molecule has 1 aromatic heterocycles. The fraction of sp³-hybridized carbons (Fsp3) is 0.333. The summed E-state index contributed by atoms with van der Waals surface area (Å²) in [6.07, 6.45) is 4.62. The number of nitrogens with one attached hydrogen (secondary N) is 1. The molecule has 4 nitrogen and oxygen atoms in total. The smallest absolute Gasteiger partial charge is 0.339 e. The molecule has 0 atom stereocenters. The normalized spacial score (nSPS) is 13.2. The highest BCUT2D eigenvalue weighted by atomic mass is 16.4. The number of hydrogen-bond donors (Lipinski definition) is 2. The molecule has 0 saturated carbocycles. The number of fused-ring (bicyclic) bond motifs is 1. The third-order valence-electron chi connectivity index (χ3n) is 2.70. The summed E-state index contributed by atoms with van der Waals surface area (Å²) in [6, 6.07) is 1.74. The summed E-state index contributed by atoms with van der Waals surface area (Å²) in [5.74, 6) is -0.484. The first-order chi connectivity index (χ1) is 7.72. The van der Waals surface area contributed by atoms with E-state index in [0.717, 1.165) is 30.5 Å². The first-order valence-corrected chi connectivity index (χ1v) is 5.33. The second-order valence-electron chi connectivity index (χ2n) is 3.82. The monoisotopic (exact) mass is 218 g/mol. The molecule has 0 spiro atoms. The Morgan fingerprint density at radius 3 is 3.12 bits per heavy atom. The molecule has 16 heavy (non-hydrogen) atoms. The first kappa shape index (κ1) is 10.7. The summed E-state index contributed by atoms with van der Waals surface area (Å²) in [5, 5.41) is 12.1. The van der Waals surface area contributed by atoms with Gasteiger partial charge >= 0.3 is 5.97 Å². The molecule has 0 amide bonds. The van der Waals surface area contributed by atoms with Gasteiger partial charge in [-0.25, -0.2) is 9.78 Å². The Kier molecular flexibility index (Phi) is 2.90. The van der Waals surface area contributed by atoms with Crippen LogP contribution in [0.5, 0.6) is 0 Å². The van der Waals surface area contributed by atoms with Crippen LogP contribution in [0, 0.1) is 0 Å². The van der Waals surface area contributed by atoms with Gasteiger partial charge in [-0.15, -0.1) is 6.58 Å². The summed E-state index contributed by atoms with van der Waals surface area (Å²) in [6.45, 7) is 4.10. The molecule has 0 unspecified atom stereocenters. The van der Waals surface area contributed by atoms with Crippen LogP contribution in [0.2, 0.25) is 0 Å². The lowest BCUT2D eigenvalue weighted by Crippen LogP contribution is -2.10. The van der Waals surface area contributed by atoms with Gasteiger partial charge < -0.3 is 10.4 Å². The van der Waals surface area contributed by atoms with Crippen molar-refractivity contribution in [2.75, 3.05) is 11.9 Å². The zero-order valence-corrected chi connectivity index (χ0v) is 8.99. The average molecular weight is 218 g/mol. The van der Waals surface area contributed by atoms with Gasteiger partial charge in [-0.1, -0.05) is 6.08 Å². The van der Waals surface area contributed by atoms with Crippen molar-refractivity contribution >= 4 is 11.8 Å².